The number of hydrogen-bond donors (Lipinski definition) is 0. The Morgan fingerprint density at radius 2 is 1.79 bits per heavy atom. The summed E-state index contributed by atoms with van der Waals surface area (Å²) in [5, 5.41) is 0.454. The number of likely N-dealkylation sites (N-methyl/N-ethyl adjacent to an activating group) is 1. The predicted molar refractivity (Wildman–Crippen MR) is 110 cm³/mol. The minimum absolute atomic E-state index is 0. The number of alkyl halides is 3. The van der Waals surface area contributed by atoms with Crippen LogP contribution in [0, 0.1) is 0 Å². The Labute approximate surface area is 172 Å². The van der Waals surface area contributed by atoms with Gasteiger partial charge in [0.05, 0.1) is 11.1 Å². The fourth-order valence-corrected chi connectivity index (χ4v) is 3.57. The highest BCUT2D eigenvalue weighted by molar-refractivity contribution is 6.05. The average molecular weight is 421 g/mol. The van der Waals surface area contributed by atoms with E-state index in [0.29, 0.717) is 22.0 Å². The summed E-state index contributed by atoms with van der Waals surface area (Å²) in [6.07, 6.45) is -0.00325. The van der Waals surface area contributed by atoms with Crippen LogP contribution in [0.25, 0.3) is 16.5 Å². The second-order valence-electron chi connectivity index (χ2n) is 7.06. The van der Waals surface area contributed by atoms with Crippen molar-refractivity contribution in [3.63, 3.8) is 0 Å². The normalized spacial score (nSPS) is 15.1. The summed E-state index contributed by atoms with van der Waals surface area (Å²) in [4.78, 5) is 15.1. The van der Waals surface area contributed by atoms with Crippen LogP contribution in [0.5, 0.6) is 0 Å². The van der Waals surface area contributed by atoms with Crippen molar-refractivity contribution in [3.05, 3.63) is 77.5 Å². The summed E-state index contributed by atoms with van der Waals surface area (Å²) in [7, 11) is 2.00. The van der Waals surface area contributed by atoms with Crippen LogP contribution in [-0.2, 0) is 6.18 Å². The van der Waals surface area contributed by atoms with Crippen molar-refractivity contribution in [2.75, 3.05) is 20.1 Å². The van der Waals surface area contributed by atoms with Crippen molar-refractivity contribution in [1.82, 2.24) is 9.47 Å². The van der Waals surface area contributed by atoms with E-state index in [9.17, 15) is 18.0 Å². The standard InChI is InChI=1S/C22H19F3N2O.ClH/c1-26-11-9-15(10-12-26)19-14-27(21(28)16-5-3-2-4-6-16)20-8-7-17(13-18(19)20)22(23,24)25;/h2-9,13-14H,10-12H2,1H3;1H. The van der Waals surface area contributed by atoms with E-state index in [1.807, 2.05) is 19.2 Å². The Bertz CT molecular complexity index is 1070. The van der Waals surface area contributed by atoms with Gasteiger partial charge in [0.15, 0.2) is 0 Å². The van der Waals surface area contributed by atoms with Gasteiger partial charge in [-0.1, -0.05) is 24.3 Å². The van der Waals surface area contributed by atoms with Crippen LogP contribution in [0.1, 0.15) is 27.9 Å². The van der Waals surface area contributed by atoms with E-state index in [0.717, 1.165) is 37.2 Å². The molecule has 1 aromatic heterocycles. The zero-order valence-electron chi connectivity index (χ0n) is 15.7. The fraction of sp³-hybridized carbons (Fsp3) is 0.227. The second-order valence-corrected chi connectivity index (χ2v) is 7.06. The van der Waals surface area contributed by atoms with Crippen molar-refractivity contribution in [2.45, 2.75) is 12.6 Å². The highest BCUT2D eigenvalue weighted by atomic mass is 35.5. The zero-order chi connectivity index (χ0) is 19.9. The first-order valence-corrected chi connectivity index (χ1v) is 9.04. The van der Waals surface area contributed by atoms with Crippen molar-refractivity contribution >= 4 is 34.8 Å². The Morgan fingerprint density at radius 1 is 1.07 bits per heavy atom. The maximum absolute atomic E-state index is 13.3. The fourth-order valence-electron chi connectivity index (χ4n) is 3.57. The van der Waals surface area contributed by atoms with Gasteiger partial charge in [-0.25, -0.2) is 0 Å². The maximum atomic E-state index is 13.3. The number of nitrogens with zero attached hydrogens (tertiary/aromatic N) is 2. The Morgan fingerprint density at radius 3 is 2.41 bits per heavy atom. The summed E-state index contributed by atoms with van der Waals surface area (Å²) in [5.74, 6) is -0.259. The molecular formula is C22H20ClF3N2O. The number of carbonyl (C=O) groups excluding carboxylic acids is 1. The van der Waals surface area contributed by atoms with Gasteiger partial charge in [0.2, 0.25) is 0 Å². The van der Waals surface area contributed by atoms with Gasteiger partial charge in [-0.3, -0.25) is 9.36 Å². The molecule has 0 amide bonds. The molecule has 0 radical (unpaired) electrons. The van der Waals surface area contributed by atoms with Crippen LogP contribution < -0.4 is 0 Å². The molecular weight excluding hydrogens is 401 g/mol. The zero-order valence-corrected chi connectivity index (χ0v) is 16.6. The number of aromatic nitrogens is 1. The van der Waals surface area contributed by atoms with E-state index < -0.39 is 11.7 Å². The van der Waals surface area contributed by atoms with Crippen LogP contribution in [0.3, 0.4) is 0 Å². The molecule has 0 spiro atoms. The smallest absolute Gasteiger partial charge is 0.302 e. The summed E-state index contributed by atoms with van der Waals surface area (Å²) >= 11 is 0. The lowest BCUT2D eigenvalue weighted by atomic mass is 9.98. The molecule has 0 aliphatic carbocycles. The topological polar surface area (TPSA) is 25.2 Å². The van der Waals surface area contributed by atoms with Crippen LogP contribution in [0.4, 0.5) is 13.2 Å². The van der Waals surface area contributed by atoms with Crippen LogP contribution in [0.15, 0.2) is 60.8 Å². The highest BCUT2D eigenvalue weighted by Crippen LogP contribution is 2.36. The van der Waals surface area contributed by atoms with Gasteiger partial charge in [-0.05, 0) is 49.4 Å². The molecule has 152 valence electrons. The van der Waals surface area contributed by atoms with E-state index in [-0.39, 0.29) is 18.3 Å². The quantitative estimate of drug-likeness (QED) is 0.547. The summed E-state index contributed by atoms with van der Waals surface area (Å²) < 4.78 is 41.3. The third-order valence-electron chi connectivity index (χ3n) is 5.13. The molecule has 1 aliphatic heterocycles. The van der Waals surface area contributed by atoms with E-state index >= 15 is 0 Å². The third-order valence-corrected chi connectivity index (χ3v) is 5.13. The van der Waals surface area contributed by atoms with Crippen LogP contribution >= 0.6 is 12.4 Å². The van der Waals surface area contributed by atoms with Gasteiger partial charge in [0, 0.05) is 35.8 Å². The third kappa shape index (κ3) is 4.09. The molecule has 0 saturated carbocycles. The molecule has 2 aromatic carbocycles. The second kappa shape index (κ2) is 8.05. The number of benzene rings is 2. The average Bonchev–Trinajstić information content (AvgIpc) is 3.07. The lowest BCUT2D eigenvalue weighted by molar-refractivity contribution is -0.137. The molecule has 0 unspecified atom stereocenters. The molecule has 0 saturated heterocycles. The highest BCUT2D eigenvalue weighted by Gasteiger charge is 2.31. The molecule has 0 fully saturated rings. The number of carbonyl (C=O) groups is 1. The van der Waals surface area contributed by atoms with Crippen molar-refractivity contribution in [3.8, 4) is 0 Å². The van der Waals surface area contributed by atoms with Gasteiger partial charge in [-0.2, -0.15) is 13.2 Å². The molecule has 0 atom stereocenters. The van der Waals surface area contributed by atoms with Crippen molar-refractivity contribution in [1.29, 1.82) is 0 Å². The molecule has 2 heterocycles. The van der Waals surface area contributed by atoms with Gasteiger partial charge < -0.3 is 4.90 Å². The van der Waals surface area contributed by atoms with E-state index in [1.54, 1.807) is 30.5 Å². The van der Waals surface area contributed by atoms with Gasteiger partial charge in [-0.15, -0.1) is 12.4 Å². The first-order chi connectivity index (χ1) is 13.3. The Kier molecular flexibility index (Phi) is 5.87. The van der Waals surface area contributed by atoms with Crippen LogP contribution in [0.2, 0.25) is 0 Å². The minimum atomic E-state index is -4.43. The summed E-state index contributed by atoms with van der Waals surface area (Å²) in [6, 6.07) is 12.3. The lowest BCUT2D eigenvalue weighted by Crippen LogP contribution is -2.23. The predicted octanol–water partition coefficient (Wildman–Crippen LogP) is 5.49. The molecule has 3 nitrogen and oxygen atoms in total. The van der Waals surface area contributed by atoms with Gasteiger partial charge >= 0.3 is 6.18 Å². The lowest BCUT2D eigenvalue weighted by Gasteiger charge is -2.21. The van der Waals surface area contributed by atoms with E-state index in [4.69, 9.17) is 0 Å². The number of halogens is 4. The molecule has 0 N–H and O–H groups in total. The van der Waals surface area contributed by atoms with Crippen LogP contribution in [-0.4, -0.2) is 35.5 Å². The minimum Gasteiger partial charge on any atom is -0.302 e. The van der Waals surface area contributed by atoms with E-state index in [1.165, 1.54) is 10.6 Å². The number of fused-ring (bicyclic) bond motifs is 1. The van der Waals surface area contributed by atoms with E-state index in [2.05, 4.69) is 4.90 Å². The first-order valence-electron chi connectivity index (χ1n) is 9.04. The molecule has 4 rings (SSSR count). The molecule has 29 heavy (non-hydrogen) atoms. The Hall–Kier alpha value is -2.57. The van der Waals surface area contributed by atoms with Gasteiger partial charge in [0.25, 0.3) is 5.91 Å². The number of hydrogen-bond acceptors (Lipinski definition) is 2. The summed E-state index contributed by atoms with van der Waals surface area (Å²) in [5.41, 5.74) is 1.93. The number of rotatable bonds is 2. The maximum Gasteiger partial charge on any atom is 0.416 e. The largest absolute Gasteiger partial charge is 0.416 e. The monoisotopic (exact) mass is 420 g/mol. The van der Waals surface area contributed by atoms with Gasteiger partial charge in [0.1, 0.15) is 0 Å². The SMILES string of the molecule is CN1CC=C(c2cn(C(=O)c3ccccc3)c3ccc(C(F)(F)F)cc23)CC1.Cl. The molecule has 1 aliphatic rings. The summed E-state index contributed by atoms with van der Waals surface area (Å²) in [6.45, 7) is 1.55. The van der Waals surface area contributed by atoms with Crippen molar-refractivity contribution in [2.24, 2.45) is 0 Å². The molecule has 3 aromatic rings. The first kappa shape index (κ1) is 21.1. The molecule has 0 bridgehead atoms. The Balaban J connectivity index is 0.00000240. The molecule has 7 heteroatoms. The van der Waals surface area contributed by atoms with Crippen molar-refractivity contribution < 1.29 is 18.0 Å².